The lowest BCUT2D eigenvalue weighted by Crippen LogP contribution is -2.24. The van der Waals surface area contributed by atoms with Gasteiger partial charge in [0.25, 0.3) is 0 Å². The normalized spacial score (nSPS) is 21.3. The Morgan fingerprint density at radius 3 is 2.42 bits per heavy atom. The Balaban J connectivity index is 2.22. The second-order valence-corrected chi connectivity index (χ2v) is 5.61. The van der Waals surface area contributed by atoms with Crippen LogP contribution in [0.3, 0.4) is 0 Å². The van der Waals surface area contributed by atoms with Gasteiger partial charge in [0.2, 0.25) is 0 Å². The van der Waals surface area contributed by atoms with Crippen LogP contribution in [0.1, 0.15) is 17.9 Å². The number of hydrogen-bond acceptors (Lipinski definition) is 3. The van der Waals surface area contributed by atoms with E-state index in [1.807, 2.05) is 50.3 Å². The van der Waals surface area contributed by atoms with Gasteiger partial charge >= 0.3 is 5.97 Å². The third-order valence-corrected chi connectivity index (χ3v) is 3.93. The highest BCUT2D eigenvalue weighted by Gasteiger charge is 2.33. The van der Waals surface area contributed by atoms with E-state index in [0.29, 0.717) is 0 Å². The Morgan fingerprint density at radius 1 is 1.37 bits per heavy atom. The van der Waals surface area contributed by atoms with E-state index >= 15 is 0 Å². The van der Waals surface area contributed by atoms with E-state index in [1.54, 1.807) is 0 Å². The average molecular weight is 262 g/mol. The Labute approximate surface area is 114 Å². The average Bonchev–Trinajstić information content (AvgIpc) is 2.76. The van der Waals surface area contributed by atoms with Crippen molar-refractivity contribution >= 4 is 11.7 Å². The number of benzene rings is 1. The number of likely N-dealkylation sites (tertiary alicyclic amines) is 1. The molecule has 4 heteroatoms. The molecule has 2 unspecified atom stereocenters. The molecule has 1 fully saturated rings. The largest absolute Gasteiger partial charge is 0.481 e. The minimum absolute atomic E-state index is 0.215. The third kappa shape index (κ3) is 3.07. The summed E-state index contributed by atoms with van der Waals surface area (Å²) in [6.45, 7) is 1.86. The van der Waals surface area contributed by atoms with Gasteiger partial charge < -0.3 is 14.9 Å². The van der Waals surface area contributed by atoms with Crippen LogP contribution in [0.2, 0.25) is 0 Å². The van der Waals surface area contributed by atoms with Crippen molar-refractivity contribution in [1.82, 2.24) is 4.90 Å². The van der Waals surface area contributed by atoms with E-state index in [-0.39, 0.29) is 11.8 Å². The Morgan fingerprint density at radius 2 is 2.00 bits per heavy atom. The zero-order valence-corrected chi connectivity index (χ0v) is 11.8. The van der Waals surface area contributed by atoms with Crippen LogP contribution < -0.4 is 4.90 Å². The van der Waals surface area contributed by atoms with Gasteiger partial charge in [0.1, 0.15) is 0 Å². The lowest BCUT2D eigenvalue weighted by molar-refractivity contribution is -0.140. The Bertz CT molecular complexity index is 442. The number of hydrogen-bond donors (Lipinski definition) is 1. The summed E-state index contributed by atoms with van der Waals surface area (Å²) in [4.78, 5) is 15.8. The summed E-state index contributed by atoms with van der Waals surface area (Å²) in [5.41, 5.74) is 2.01. The van der Waals surface area contributed by atoms with E-state index in [0.717, 1.165) is 30.8 Å². The highest BCUT2D eigenvalue weighted by molar-refractivity contribution is 5.77. The second kappa shape index (κ2) is 5.61. The summed E-state index contributed by atoms with van der Waals surface area (Å²) in [6, 6.07) is 7.88. The molecule has 1 aromatic carbocycles. The Hall–Kier alpha value is -1.55. The van der Waals surface area contributed by atoms with Gasteiger partial charge in [0.15, 0.2) is 0 Å². The molecule has 0 saturated carbocycles. The van der Waals surface area contributed by atoms with Gasteiger partial charge in [0, 0.05) is 26.3 Å². The van der Waals surface area contributed by atoms with Crippen molar-refractivity contribution in [1.29, 1.82) is 0 Å². The van der Waals surface area contributed by atoms with Crippen molar-refractivity contribution in [3.05, 3.63) is 29.8 Å². The minimum Gasteiger partial charge on any atom is -0.481 e. The van der Waals surface area contributed by atoms with Crippen LogP contribution in [0.4, 0.5) is 5.69 Å². The molecule has 1 aliphatic rings. The number of anilines is 1. The molecule has 0 aromatic heterocycles. The van der Waals surface area contributed by atoms with Gasteiger partial charge in [-0.05, 0) is 43.6 Å². The molecule has 1 saturated heterocycles. The first-order chi connectivity index (χ1) is 8.99. The molecular weight excluding hydrogens is 240 g/mol. The number of carboxylic acids is 1. The molecule has 1 aliphatic heterocycles. The molecule has 0 radical (unpaired) electrons. The Kier molecular flexibility index (Phi) is 4.10. The van der Waals surface area contributed by atoms with Crippen LogP contribution in [-0.4, -0.2) is 50.2 Å². The fourth-order valence-corrected chi connectivity index (χ4v) is 2.84. The first-order valence-corrected chi connectivity index (χ1v) is 6.67. The molecule has 4 nitrogen and oxygen atoms in total. The van der Waals surface area contributed by atoms with Gasteiger partial charge in [-0.2, -0.15) is 0 Å². The minimum atomic E-state index is -0.710. The lowest BCUT2D eigenvalue weighted by atomic mass is 9.85. The van der Waals surface area contributed by atoms with Crippen molar-refractivity contribution in [2.45, 2.75) is 12.3 Å². The maximum atomic E-state index is 11.6. The van der Waals surface area contributed by atoms with Crippen LogP contribution in [0.15, 0.2) is 24.3 Å². The van der Waals surface area contributed by atoms with Crippen molar-refractivity contribution in [2.75, 3.05) is 39.1 Å². The van der Waals surface area contributed by atoms with Gasteiger partial charge in [-0.3, -0.25) is 4.79 Å². The van der Waals surface area contributed by atoms with Gasteiger partial charge in [-0.25, -0.2) is 0 Å². The van der Waals surface area contributed by atoms with Gasteiger partial charge in [-0.1, -0.05) is 12.1 Å². The number of carbonyl (C=O) groups is 1. The smallest absolute Gasteiger partial charge is 0.311 e. The van der Waals surface area contributed by atoms with Crippen LogP contribution in [-0.2, 0) is 4.79 Å². The summed E-state index contributed by atoms with van der Waals surface area (Å²) < 4.78 is 0. The SMILES string of the molecule is CN1CCC(C(C(=O)O)c2ccc(N(C)C)cc2)C1. The van der Waals surface area contributed by atoms with Crippen molar-refractivity contribution in [2.24, 2.45) is 5.92 Å². The lowest BCUT2D eigenvalue weighted by Gasteiger charge is -2.21. The zero-order valence-electron chi connectivity index (χ0n) is 11.8. The van der Waals surface area contributed by atoms with Gasteiger partial charge in [-0.15, -0.1) is 0 Å². The standard InChI is InChI=1S/C15H22N2O2/c1-16(2)13-6-4-11(5-7-13)14(15(18)19)12-8-9-17(3)10-12/h4-7,12,14H,8-10H2,1-3H3,(H,18,19). The second-order valence-electron chi connectivity index (χ2n) is 5.61. The summed E-state index contributed by atoms with van der Waals surface area (Å²) in [5.74, 6) is -0.883. The zero-order chi connectivity index (χ0) is 14.0. The molecule has 1 aromatic rings. The molecule has 0 bridgehead atoms. The number of rotatable bonds is 4. The summed E-state index contributed by atoms with van der Waals surface area (Å²) >= 11 is 0. The van der Waals surface area contributed by atoms with Crippen LogP contribution in [0.5, 0.6) is 0 Å². The highest BCUT2D eigenvalue weighted by Crippen LogP contribution is 2.32. The molecule has 19 heavy (non-hydrogen) atoms. The molecular formula is C15H22N2O2. The first-order valence-electron chi connectivity index (χ1n) is 6.67. The summed E-state index contributed by atoms with van der Waals surface area (Å²) in [6.07, 6.45) is 0.961. The molecule has 0 spiro atoms. The fraction of sp³-hybridized carbons (Fsp3) is 0.533. The molecule has 0 amide bonds. The van der Waals surface area contributed by atoms with Gasteiger partial charge in [0.05, 0.1) is 5.92 Å². The van der Waals surface area contributed by atoms with Crippen molar-refractivity contribution in [3.63, 3.8) is 0 Å². The monoisotopic (exact) mass is 262 g/mol. The van der Waals surface area contributed by atoms with Crippen molar-refractivity contribution in [3.8, 4) is 0 Å². The molecule has 1 heterocycles. The quantitative estimate of drug-likeness (QED) is 0.899. The van der Waals surface area contributed by atoms with E-state index in [2.05, 4.69) is 4.90 Å². The maximum Gasteiger partial charge on any atom is 0.311 e. The number of carboxylic acid groups (broad SMARTS) is 1. The molecule has 1 N–H and O–H groups in total. The van der Waals surface area contributed by atoms with Crippen LogP contribution in [0.25, 0.3) is 0 Å². The predicted octanol–water partition coefficient (Wildman–Crippen LogP) is 1.87. The highest BCUT2D eigenvalue weighted by atomic mass is 16.4. The summed E-state index contributed by atoms with van der Waals surface area (Å²) in [5, 5.41) is 9.52. The molecule has 2 rings (SSSR count). The molecule has 2 atom stereocenters. The van der Waals surface area contributed by atoms with E-state index in [9.17, 15) is 9.90 Å². The predicted molar refractivity (Wildman–Crippen MR) is 76.7 cm³/mol. The fourth-order valence-electron chi connectivity index (χ4n) is 2.84. The maximum absolute atomic E-state index is 11.6. The van der Waals surface area contributed by atoms with E-state index in [1.165, 1.54) is 0 Å². The summed E-state index contributed by atoms with van der Waals surface area (Å²) in [7, 11) is 6.01. The van der Waals surface area contributed by atoms with E-state index < -0.39 is 5.97 Å². The van der Waals surface area contributed by atoms with Crippen LogP contribution in [0, 0.1) is 5.92 Å². The third-order valence-electron chi connectivity index (χ3n) is 3.93. The van der Waals surface area contributed by atoms with Crippen molar-refractivity contribution < 1.29 is 9.90 Å². The van der Waals surface area contributed by atoms with E-state index in [4.69, 9.17) is 0 Å². The number of aliphatic carboxylic acids is 1. The first kappa shape index (κ1) is 13.9. The topological polar surface area (TPSA) is 43.8 Å². The van der Waals surface area contributed by atoms with Crippen LogP contribution >= 0.6 is 0 Å². The molecule has 0 aliphatic carbocycles. The molecule has 104 valence electrons. The number of nitrogens with zero attached hydrogens (tertiary/aromatic N) is 2.